The molecule has 2 saturated heterocycles. The second-order valence-corrected chi connectivity index (χ2v) is 15.6. The van der Waals surface area contributed by atoms with Crippen molar-refractivity contribution in [2.75, 3.05) is 31.1 Å². The topological polar surface area (TPSA) is 109 Å². The number of alkyl halides is 2. The lowest BCUT2D eigenvalue weighted by Crippen LogP contribution is -2.54. The van der Waals surface area contributed by atoms with Crippen molar-refractivity contribution in [3.8, 4) is 0 Å². The molecule has 5 aliphatic heterocycles. The number of amides is 4. The van der Waals surface area contributed by atoms with Crippen LogP contribution in [0.2, 0.25) is 0 Å². The molecule has 5 aliphatic rings. The first kappa shape index (κ1) is 35.6. The molecule has 1 aromatic heterocycles. The van der Waals surface area contributed by atoms with Gasteiger partial charge in [-0.15, -0.1) is 0 Å². The van der Waals surface area contributed by atoms with E-state index in [4.69, 9.17) is 0 Å². The zero-order chi connectivity index (χ0) is 38.3. The van der Waals surface area contributed by atoms with E-state index in [9.17, 15) is 28.0 Å². The van der Waals surface area contributed by atoms with E-state index in [1.54, 1.807) is 12.1 Å². The number of piperidine rings is 2. The molecule has 3 aromatic carbocycles. The van der Waals surface area contributed by atoms with Crippen LogP contribution in [0.4, 0.5) is 23.2 Å². The van der Waals surface area contributed by atoms with Gasteiger partial charge in [0.2, 0.25) is 11.8 Å². The second-order valence-electron chi connectivity index (χ2n) is 15.6. The van der Waals surface area contributed by atoms with Crippen LogP contribution in [0.3, 0.4) is 0 Å². The zero-order valence-electron chi connectivity index (χ0n) is 30.2. The fourth-order valence-electron chi connectivity index (χ4n) is 9.58. The Balaban J connectivity index is 0.869. The van der Waals surface area contributed by atoms with Gasteiger partial charge in [-0.3, -0.25) is 39.2 Å². The van der Waals surface area contributed by atoms with E-state index >= 15 is 8.78 Å². The van der Waals surface area contributed by atoms with Crippen molar-refractivity contribution in [3.05, 3.63) is 99.2 Å². The van der Waals surface area contributed by atoms with Gasteiger partial charge in [-0.1, -0.05) is 18.2 Å². The van der Waals surface area contributed by atoms with E-state index in [-0.39, 0.29) is 35.6 Å². The Bertz CT molecular complexity index is 2200. The van der Waals surface area contributed by atoms with E-state index in [0.717, 1.165) is 51.9 Å². The van der Waals surface area contributed by atoms with Crippen molar-refractivity contribution in [1.82, 2.24) is 25.0 Å². The number of carbonyl (C=O) groups is 4. The predicted octanol–water partition coefficient (Wildman–Crippen LogP) is 5.68. The number of rotatable bonds is 7. The molecule has 0 radical (unpaired) electrons. The Kier molecular flexibility index (Phi) is 8.80. The van der Waals surface area contributed by atoms with Crippen molar-refractivity contribution >= 4 is 40.2 Å². The number of hydrogen-bond acceptors (Lipinski definition) is 7. The van der Waals surface area contributed by atoms with Crippen LogP contribution in [0.25, 0.3) is 10.9 Å². The van der Waals surface area contributed by atoms with Crippen molar-refractivity contribution in [1.29, 1.82) is 0 Å². The number of carbonyl (C=O) groups excluding carboxylic acids is 4. The van der Waals surface area contributed by atoms with E-state index in [2.05, 4.69) is 15.2 Å². The van der Waals surface area contributed by atoms with Crippen LogP contribution >= 0.6 is 0 Å². The summed E-state index contributed by atoms with van der Waals surface area (Å²) in [7, 11) is 0. The number of aromatic nitrogens is 1. The average molecular weight is 757 g/mol. The number of benzene rings is 3. The highest BCUT2D eigenvalue weighted by Crippen LogP contribution is 2.44. The number of imide groups is 2. The summed E-state index contributed by atoms with van der Waals surface area (Å²) in [5.41, 5.74) is 4.88. The molecule has 3 atom stereocenters. The highest BCUT2D eigenvalue weighted by atomic mass is 19.3. The minimum atomic E-state index is -2.68. The van der Waals surface area contributed by atoms with Crippen LogP contribution in [0, 0.1) is 17.6 Å². The minimum absolute atomic E-state index is 0.0612. The standard InChI is InChI=1S/C41H40F4N6O4/c1-21-12-27-26-4-2-3-5-32(26)46-37(27)38(50(21)20-34(44)45)36-30(42)15-25(16-31(36)43)49-10-8-22(9-11-49)17-48-18-23-13-28-29(14-24(23)19-48)41(55)51(40(28)54)33-6-7-35(52)47-39(33)53/h2-5,13-16,21-22,33-34,38,46H,6-12,17-20H2,1H3,(H,47,52,53)/t21-,33?,38-/m1/s1. The molecule has 2 fully saturated rings. The summed E-state index contributed by atoms with van der Waals surface area (Å²) in [6.45, 7) is 4.34. The maximum absolute atomic E-state index is 16.2. The number of aromatic amines is 1. The van der Waals surface area contributed by atoms with Crippen LogP contribution in [0.1, 0.15) is 87.3 Å². The Hall–Kier alpha value is -5.08. The van der Waals surface area contributed by atoms with E-state index in [0.29, 0.717) is 49.9 Å². The summed E-state index contributed by atoms with van der Waals surface area (Å²) in [5.74, 6) is -3.32. The number of para-hydroxylation sites is 1. The number of H-pyrrole nitrogens is 1. The molecule has 10 nitrogen and oxygen atoms in total. The SMILES string of the molecule is C[C@@H]1Cc2c([nH]c3ccccc23)[C@@H](c2c(F)cc(N3CCC(CN4Cc5cc6c(cc5C4)C(=O)N(C4CCC(=O)NC4=O)C6=O)CC3)cc2F)N1CC(F)F. The fraction of sp³-hybridized carbons (Fsp3) is 0.415. The van der Waals surface area contributed by atoms with Gasteiger partial charge in [-0.25, -0.2) is 17.6 Å². The molecular formula is C41H40F4N6O4. The number of hydrogen-bond donors (Lipinski definition) is 2. The number of anilines is 1. The summed E-state index contributed by atoms with van der Waals surface area (Å²) >= 11 is 0. The van der Waals surface area contributed by atoms with Gasteiger partial charge in [0.25, 0.3) is 18.2 Å². The predicted molar refractivity (Wildman–Crippen MR) is 195 cm³/mol. The fourth-order valence-corrected chi connectivity index (χ4v) is 9.58. The first-order valence-corrected chi connectivity index (χ1v) is 18.9. The summed E-state index contributed by atoms with van der Waals surface area (Å²) in [4.78, 5) is 60.7. The molecule has 0 aliphatic carbocycles. The summed E-state index contributed by atoms with van der Waals surface area (Å²) in [6.07, 6.45) is -0.461. The Morgan fingerprint density at radius 3 is 2.16 bits per heavy atom. The summed E-state index contributed by atoms with van der Waals surface area (Å²) in [6, 6.07) is 11.3. The van der Waals surface area contributed by atoms with Gasteiger partial charge in [0.15, 0.2) is 0 Å². The van der Waals surface area contributed by atoms with Gasteiger partial charge in [0.05, 0.1) is 23.7 Å². The van der Waals surface area contributed by atoms with E-state index in [1.807, 2.05) is 36.1 Å². The van der Waals surface area contributed by atoms with Crippen molar-refractivity contribution in [3.63, 3.8) is 0 Å². The van der Waals surface area contributed by atoms with E-state index < -0.39 is 60.3 Å². The molecule has 286 valence electrons. The molecule has 0 spiro atoms. The molecule has 2 N–H and O–H groups in total. The molecule has 4 amide bonds. The number of fused-ring (bicyclic) bond motifs is 5. The summed E-state index contributed by atoms with van der Waals surface area (Å²) < 4.78 is 60.2. The zero-order valence-corrected chi connectivity index (χ0v) is 30.2. The van der Waals surface area contributed by atoms with Crippen LogP contribution in [0.15, 0.2) is 48.5 Å². The van der Waals surface area contributed by atoms with Gasteiger partial charge in [0, 0.05) is 73.0 Å². The van der Waals surface area contributed by atoms with Crippen LogP contribution in [-0.4, -0.2) is 88.0 Å². The Morgan fingerprint density at radius 2 is 1.53 bits per heavy atom. The molecule has 55 heavy (non-hydrogen) atoms. The number of nitrogens with one attached hydrogen (secondary N) is 2. The average Bonchev–Trinajstić information content (AvgIpc) is 3.79. The lowest BCUT2D eigenvalue weighted by Gasteiger charge is -2.41. The first-order chi connectivity index (χ1) is 26.4. The monoisotopic (exact) mass is 756 g/mol. The molecular weight excluding hydrogens is 716 g/mol. The molecule has 0 saturated carbocycles. The maximum Gasteiger partial charge on any atom is 0.262 e. The van der Waals surface area contributed by atoms with E-state index in [1.165, 1.54) is 17.0 Å². The van der Waals surface area contributed by atoms with Gasteiger partial charge in [-0.05, 0) is 85.5 Å². The minimum Gasteiger partial charge on any atom is -0.371 e. The molecule has 9 rings (SSSR count). The third kappa shape index (κ3) is 6.10. The molecule has 14 heteroatoms. The van der Waals surface area contributed by atoms with Gasteiger partial charge < -0.3 is 9.88 Å². The summed E-state index contributed by atoms with van der Waals surface area (Å²) in [5, 5.41) is 3.15. The van der Waals surface area contributed by atoms with Crippen LogP contribution in [0.5, 0.6) is 0 Å². The van der Waals surface area contributed by atoms with Crippen molar-refractivity contribution in [2.24, 2.45) is 5.92 Å². The highest BCUT2D eigenvalue weighted by molar-refractivity contribution is 6.23. The third-order valence-corrected chi connectivity index (χ3v) is 12.2. The normalized spacial score (nSPS) is 23.6. The van der Waals surface area contributed by atoms with Crippen molar-refractivity contribution < 1.29 is 36.7 Å². The molecule has 1 unspecified atom stereocenters. The third-order valence-electron chi connectivity index (χ3n) is 12.2. The lowest BCUT2D eigenvalue weighted by atomic mass is 9.88. The highest BCUT2D eigenvalue weighted by Gasteiger charge is 2.46. The van der Waals surface area contributed by atoms with Gasteiger partial charge >= 0.3 is 0 Å². The lowest BCUT2D eigenvalue weighted by molar-refractivity contribution is -0.136. The first-order valence-electron chi connectivity index (χ1n) is 18.9. The number of nitrogens with zero attached hydrogens (tertiary/aromatic N) is 4. The smallest absolute Gasteiger partial charge is 0.262 e. The molecule has 6 heterocycles. The molecule has 0 bridgehead atoms. The quantitative estimate of drug-likeness (QED) is 0.185. The van der Waals surface area contributed by atoms with Crippen molar-refractivity contribution in [2.45, 2.75) is 76.7 Å². The largest absolute Gasteiger partial charge is 0.371 e. The van der Waals surface area contributed by atoms with Gasteiger partial charge in [-0.2, -0.15) is 0 Å². The van der Waals surface area contributed by atoms with Crippen LogP contribution < -0.4 is 10.2 Å². The maximum atomic E-state index is 16.2. The second kappa shape index (κ2) is 13.6. The number of halogens is 4. The Morgan fingerprint density at radius 1 is 0.873 bits per heavy atom. The van der Waals surface area contributed by atoms with Crippen LogP contribution in [-0.2, 0) is 29.1 Å². The Labute approximate surface area is 314 Å². The van der Waals surface area contributed by atoms with Gasteiger partial charge in [0.1, 0.15) is 17.7 Å². The molecule has 4 aromatic rings.